The van der Waals surface area contributed by atoms with Crippen molar-refractivity contribution in [3.8, 4) is 0 Å². The Labute approximate surface area is 103 Å². The molecule has 4 atom stereocenters. The van der Waals surface area contributed by atoms with Gasteiger partial charge in [0.2, 0.25) is 0 Å². The molecule has 1 aromatic rings. The molecule has 17 heavy (non-hydrogen) atoms. The molecule has 2 fully saturated rings. The van der Waals surface area contributed by atoms with Gasteiger partial charge in [-0.1, -0.05) is 6.42 Å². The van der Waals surface area contributed by atoms with Crippen LogP contribution in [0.25, 0.3) is 0 Å². The number of rotatable bonds is 3. The summed E-state index contributed by atoms with van der Waals surface area (Å²) in [5, 5.41) is 3.46. The Kier molecular flexibility index (Phi) is 2.87. The summed E-state index contributed by atoms with van der Waals surface area (Å²) in [5.41, 5.74) is 2.12. The van der Waals surface area contributed by atoms with Crippen molar-refractivity contribution in [2.24, 2.45) is 17.8 Å². The monoisotopic (exact) mass is 231 g/mol. The van der Waals surface area contributed by atoms with Gasteiger partial charge < -0.3 is 5.32 Å². The molecule has 1 aromatic heterocycles. The van der Waals surface area contributed by atoms with E-state index in [1.807, 2.05) is 19.3 Å². The lowest BCUT2D eigenvalue weighted by molar-refractivity contribution is 0.255. The molecule has 3 rings (SSSR count). The Morgan fingerprint density at radius 1 is 1.24 bits per heavy atom. The van der Waals surface area contributed by atoms with Gasteiger partial charge in [-0.25, -0.2) is 0 Å². The minimum atomic E-state index is 0.401. The maximum Gasteiger partial charge on any atom is 0.0759 e. The van der Waals surface area contributed by atoms with Crippen molar-refractivity contribution in [2.75, 3.05) is 7.05 Å². The van der Waals surface area contributed by atoms with E-state index in [1.54, 1.807) is 0 Å². The molecular formula is C14H21N3. The average Bonchev–Trinajstić information content (AvgIpc) is 2.95. The van der Waals surface area contributed by atoms with Crippen LogP contribution in [0.4, 0.5) is 0 Å². The number of nitrogens with one attached hydrogen (secondary N) is 1. The standard InChI is InChI=1S/C14H21N3/c1-9-7-17-13(8-16-9)14(15-2)12-6-10-3-4-11(12)5-10/h7-8,10-12,14-15H,3-6H2,1-2H3. The summed E-state index contributed by atoms with van der Waals surface area (Å²) in [4.78, 5) is 8.93. The molecule has 92 valence electrons. The third kappa shape index (κ3) is 1.97. The molecule has 2 aliphatic rings. The van der Waals surface area contributed by atoms with Crippen LogP contribution in [0.15, 0.2) is 12.4 Å². The molecule has 4 unspecified atom stereocenters. The van der Waals surface area contributed by atoms with E-state index in [0.29, 0.717) is 6.04 Å². The molecule has 0 amide bonds. The van der Waals surface area contributed by atoms with Crippen molar-refractivity contribution in [1.82, 2.24) is 15.3 Å². The summed E-state index contributed by atoms with van der Waals surface area (Å²) in [7, 11) is 2.05. The number of aromatic nitrogens is 2. The average molecular weight is 231 g/mol. The molecule has 3 heteroatoms. The molecule has 0 aliphatic heterocycles. The van der Waals surface area contributed by atoms with Gasteiger partial charge in [0.1, 0.15) is 0 Å². The minimum absolute atomic E-state index is 0.401. The molecule has 2 aliphatic carbocycles. The highest BCUT2D eigenvalue weighted by Gasteiger charge is 2.43. The first-order valence-corrected chi connectivity index (χ1v) is 6.73. The van der Waals surface area contributed by atoms with Crippen LogP contribution in [0.3, 0.4) is 0 Å². The second kappa shape index (κ2) is 4.37. The molecule has 1 heterocycles. The Morgan fingerprint density at radius 2 is 2.12 bits per heavy atom. The van der Waals surface area contributed by atoms with Crippen LogP contribution in [-0.2, 0) is 0 Å². The predicted octanol–water partition coefficient (Wildman–Crippen LogP) is 2.48. The molecule has 0 aromatic carbocycles. The van der Waals surface area contributed by atoms with Crippen molar-refractivity contribution in [3.63, 3.8) is 0 Å². The van der Waals surface area contributed by atoms with E-state index >= 15 is 0 Å². The number of hydrogen-bond acceptors (Lipinski definition) is 3. The van der Waals surface area contributed by atoms with E-state index < -0.39 is 0 Å². The normalized spacial score (nSPS) is 32.9. The van der Waals surface area contributed by atoms with E-state index in [1.165, 1.54) is 25.7 Å². The molecule has 3 nitrogen and oxygen atoms in total. The SMILES string of the molecule is CNC(c1cnc(C)cn1)C1CC2CCC1C2. The van der Waals surface area contributed by atoms with Gasteiger partial charge >= 0.3 is 0 Å². The summed E-state index contributed by atoms with van der Waals surface area (Å²) >= 11 is 0. The van der Waals surface area contributed by atoms with Crippen LogP contribution in [0.1, 0.15) is 43.1 Å². The van der Waals surface area contributed by atoms with Crippen molar-refractivity contribution in [1.29, 1.82) is 0 Å². The highest BCUT2D eigenvalue weighted by atomic mass is 14.9. The minimum Gasteiger partial charge on any atom is -0.311 e. The van der Waals surface area contributed by atoms with Crippen molar-refractivity contribution in [2.45, 2.75) is 38.6 Å². The summed E-state index contributed by atoms with van der Waals surface area (Å²) in [5.74, 6) is 2.68. The van der Waals surface area contributed by atoms with E-state index in [-0.39, 0.29) is 0 Å². The molecule has 2 saturated carbocycles. The lowest BCUT2D eigenvalue weighted by atomic mass is 9.82. The fourth-order valence-electron chi connectivity index (χ4n) is 3.85. The lowest BCUT2D eigenvalue weighted by Crippen LogP contribution is -2.29. The van der Waals surface area contributed by atoms with Gasteiger partial charge in [0.15, 0.2) is 0 Å². The number of fused-ring (bicyclic) bond motifs is 2. The first kappa shape index (κ1) is 11.1. The molecule has 0 saturated heterocycles. The maximum absolute atomic E-state index is 4.55. The van der Waals surface area contributed by atoms with Gasteiger partial charge in [-0.2, -0.15) is 0 Å². The smallest absolute Gasteiger partial charge is 0.0759 e. The predicted molar refractivity (Wildman–Crippen MR) is 67.5 cm³/mol. The summed E-state index contributed by atoms with van der Waals surface area (Å²) in [6, 6.07) is 0.401. The van der Waals surface area contributed by atoms with Crippen LogP contribution >= 0.6 is 0 Å². The van der Waals surface area contributed by atoms with Crippen LogP contribution in [0, 0.1) is 24.7 Å². The van der Waals surface area contributed by atoms with E-state index in [9.17, 15) is 0 Å². The topological polar surface area (TPSA) is 37.8 Å². The van der Waals surface area contributed by atoms with E-state index in [2.05, 4.69) is 22.3 Å². The number of aryl methyl sites for hydroxylation is 1. The fraction of sp³-hybridized carbons (Fsp3) is 0.714. The van der Waals surface area contributed by atoms with Gasteiger partial charge in [0.05, 0.1) is 23.6 Å². The van der Waals surface area contributed by atoms with Crippen molar-refractivity contribution >= 4 is 0 Å². The maximum atomic E-state index is 4.55. The Balaban J connectivity index is 1.81. The zero-order valence-corrected chi connectivity index (χ0v) is 10.7. The highest BCUT2D eigenvalue weighted by molar-refractivity contribution is 5.10. The summed E-state index contributed by atoms with van der Waals surface area (Å²) < 4.78 is 0. The summed E-state index contributed by atoms with van der Waals surface area (Å²) in [6.45, 7) is 1.99. The first-order valence-electron chi connectivity index (χ1n) is 6.73. The molecule has 0 spiro atoms. The number of hydrogen-bond donors (Lipinski definition) is 1. The van der Waals surface area contributed by atoms with Crippen LogP contribution in [-0.4, -0.2) is 17.0 Å². The zero-order chi connectivity index (χ0) is 11.8. The first-order chi connectivity index (χ1) is 8.28. The van der Waals surface area contributed by atoms with Crippen LogP contribution in [0.5, 0.6) is 0 Å². The van der Waals surface area contributed by atoms with Crippen molar-refractivity contribution < 1.29 is 0 Å². The Hall–Kier alpha value is -0.960. The van der Waals surface area contributed by atoms with Gasteiger partial charge in [-0.3, -0.25) is 9.97 Å². The summed E-state index contributed by atoms with van der Waals surface area (Å²) in [6.07, 6.45) is 9.53. The number of nitrogens with zero attached hydrogens (tertiary/aromatic N) is 2. The molecule has 0 radical (unpaired) electrons. The third-order valence-electron chi connectivity index (χ3n) is 4.65. The fourth-order valence-corrected chi connectivity index (χ4v) is 3.85. The highest BCUT2D eigenvalue weighted by Crippen LogP contribution is 2.52. The molecular weight excluding hydrogens is 210 g/mol. The van der Waals surface area contributed by atoms with Crippen LogP contribution < -0.4 is 5.32 Å². The third-order valence-corrected chi connectivity index (χ3v) is 4.65. The quantitative estimate of drug-likeness (QED) is 0.868. The Bertz CT molecular complexity index is 387. The largest absolute Gasteiger partial charge is 0.311 e. The second-order valence-corrected chi connectivity index (χ2v) is 5.69. The zero-order valence-electron chi connectivity index (χ0n) is 10.7. The van der Waals surface area contributed by atoms with Crippen molar-refractivity contribution in [3.05, 3.63) is 23.8 Å². The van der Waals surface area contributed by atoms with Gasteiger partial charge in [-0.15, -0.1) is 0 Å². The van der Waals surface area contributed by atoms with Gasteiger partial charge in [-0.05, 0) is 51.0 Å². The molecule has 2 bridgehead atoms. The van der Waals surface area contributed by atoms with Gasteiger partial charge in [0, 0.05) is 6.20 Å². The Morgan fingerprint density at radius 3 is 2.65 bits per heavy atom. The molecule has 1 N–H and O–H groups in total. The van der Waals surface area contributed by atoms with Gasteiger partial charge in [0.25, 0.3) is 0 Å². The van der Waals surface area contributed by atoms with Crippen LogP contribution in [0.2, 0.25) is 0 Å². The second-order valence-electron chi connectivity index (χ2n) is 5.69. The lowest BCUT2D eigenvalue weighted by Gasteiger charge is -2.29. The van der Waals surface area contributed by atoms with E-state index in [4.69, 9.17) is 0 Å². The van der Waals surface area contributed by atoms with E-state index in [0.717, 1.165) is 29.1 Å².